The molecule has 1 aromatic rings. The summed E-state index contributed by atoms with van der Waals surface area (Å²) >= 11 is 0. The largest absolute Gasteiger partial charge is 0.388 e. The van der Waals surface area contributed by atoms with Crippen molar-refractivity contribution < 1.29 is 19.8 Å². The van der Waals surface area contributed by atoms with Gasteiger partial charge in [-0.15, -0.1) is 0 Å². The number of amides is 2. The molecule has 23 heavy (non-hydrogen) atoms. The van der Waals surface area contributed by atoms with Gasteiger partial charge in [0.25, 0.3) is 5.91 Å². The zero-order valence-electron chi connectivity index (χ0n) is 13.7. The molecular formula is C17H24N2O4. The van der Waals surface area contributed by atoms with E-state index in [9.17, 15) is 19.8 Å². The second-order valence-corrected chi connectivity index (χ2v) is 6.94. The van der Waals surface area contributed by atoms with E-state index in [4.69, 9.17) is 0 Å². The van der Waals surface area contributed by atoms with Crippen LogP contribution in [-0.4, -0.2) is 58.8 Å². The van der Waals surface area contributed by atoms with Gasteiger partial charge in [0.1, 0.15) is 0 Å². The summed E-state index contributed by atoms with van der Waals surface area (Å²) in [7, 11) is 0. The number of hydrogen-bond donors (Lipinski definition) is 3. The van der Waals surface area contributed by atoms with Crippen LogP contribution in [0.3, 0.4) is 0 Å². The van der Waals surface area contributed by atoms with Crippen LogP contribution in [0.5, 0.6) is 0 Å². The highest BCUT2D eigenvalue weighted by Gasteiger charge is 2.32. The minimum absolute atomic E-state index is 0.0163. The van der Waals surface area contributed by atoms with Crippen LogP contribution in [0.2, 0.25) is 0 Å². The van der Waals surface area contributed by atoms with Crippen LogP contribution in [0.4, 0.5) is 0 Å². The summed E-state index contributed by atoms with van der Waals surface area (Å²) in [6.07, 6.45) is -1.83. The summed E-state index contributed by atoms with van der Waals surface area (Å²) < 4.78 is 0. The number of aliphatic hydroxyl groups is 2. The predicted octanol–water partition coefficient (Wildman–Crippen LogP) is 0.278. The van der Waals surface area contributed by atoms with Crippen molar-refractivity contribution in [2.75, 3.05) is 19.6 Å². The molecule has 0 bridgehead atoms. The van der Waals surface area contributed by atoms with Gasteiger partial charge in [0, 0.05) is 18.7 Å². The molecule has 2 atom stereocenters. The summed E-state index contributed by atoms with van der Waals surface area (Å²) in [5.74, 6) is -0.639. The SMILES string of the molecule is CC(C)(C)c1ccc(C(=O)NCC(=O)N2C[C@@H](O)[C@H](O)C2)cc1. The maximum Gasteiger partial charge on any atom is 0.251 e. The summed E-state index contributed by atoms with van der Waals surface area (Å²) in [4.78, 5) is 25.4. The van der Waals surface area contributed by atoms with Crippen LogP contribution < -0.4 is 5.32 Å². The first-order valence-corrected chi connectivity index (χ1v) is 7.71. The second kappa shape index (κ2) is 6.68. The first-order chi connectivity index (χ1) is 10.7. The van der Waals surface area contributed by atoms with Gasteiger partial charge in [-0.3, -0.25) is 9.59 Å². The molecule has 0 radical (unpaired) electrons. The molecule has 0 unspecified atom stereocenters. The smallest absolute Gasteiger partial charge is 0.251 e. The Bertz CT molecular complexity index is 567. The van der Waals surface area contributed by atoms with Crippen LogP contribution in [0.25, 0.3) is 0 Å². The average molecular weight is 320 g/mol. The lowest BCUT2D eigenvalue weighted by atomic mass is 9.87. The lowest BCUT2D eigenvalue weighted by Gasteiger charge is -2.19. The standard InChI is InChI=1S/C17H24N2O4/c1-17(2,3)12-6-4-11(5-7-12)16(23)18-8-15(22)19-9-13(20)14(21)10-19/h4-7,13-14,20-21H,8-10H2,1-3H3,(H,18,23)/t13-,14-/m1/s1. The van der Waals surface area contributed by atoms with Gasteiger partial charge in [-0.2, -0.15) is 0 Å². The Hall–Kier alpha value is -1.92. The Labute approximate surface area is 136 Å². The fourth-order valence-corrected chi connectivity index (χ4v) is 2.46. The number of carbonyl (C=O) groups excluding carboxylic acids is 2. The maximum atomic E-state index is 12.1. The molecule has 2 rings (SSSR count). The van der Waals surface area contributed by atoms with Crippen molar-refractivity contribution in [2.24, 2.45) is 0 Å². The number of carbonyl (C=O) groups is 2. The highest BCUT2D eigenvalue weighted by molar-refractivity contribution is 5.96. The lowest BCUT2D eigenvalue weighted by molar-refractivity contribution is -0.129. The van der Waals surface area contributed by atoms with Gasteiger partial charge in [-0.1, -0.05) is 32.9 Å². The fraction of sp³-hybridized carbons (Fsp3) is 0.529. The van der Waals surface area contributed by atoms with E-state index in [1.165, 1.54) is 4.90 Å². The number of likely N-dealkylation sites (tertiary alicyclic amines) is 1. The molecule has 6 nitrogen and oxygen atoms in total. The van der Waals surface area contributed by atoms with Crippen molar-refractivity contribution in [3.8, 4) is 0 Å². The normalized spacial score (nSPS) is 21.3. The summed E-state index contributed by atoms with van der Waals surface area (Å²) in [6.45, 7) is 6.32. The first kappa shape index (κ1) is 17.4. The molecule has 0 spiro atoms. The number of nitrogens with zero attached hydrogens (tertiary/aromatic N) is 1. The molecule has 1 aromatic carbocycles. The number of rotatable bonds is 3. The molecule has 2 amide bonds. The Balaban J connectivity index is 1.89. The molecule has 126 valence electrons. The Morgan fingerprint density at radius 1 is 1.13 bits per heavy atom. The number of β-amino-alcohol motifs (C(OH)–C–C–N with tert-alkyl or cyclic N) is 2. The minimum atomic E-state index is -0.917. The predicted molar refractivity (Wildman–Crippen MR) is 86.1 cm³/mol. The Morgan fingerprint density at radius 2 is 1.65 bits per heavy atom. The zero-order chi connectivity index (χ0) is 17.2. The third kappa shape index (κ3) is 4.30. The fourth-order valence-electron chi connectivity index (χ4n) is 2.46. The van der Waals surface area contributed by atoms with E-state index in [0.29, 0.717) is 5.56 Å². The molecule has 1 saturated heterocycles. The van der Waals surface area contributed by atoms with Crippen LogP contribution in [-0.2, 0) is 10.2 Å². The highest BCUT2D eigenvalue weighted by atomic mass is 16.3. The van der Waals surface area contributed by atoms with E-state index >= 15 is 0 Å². The van der Waals surface area contributed by atoms with Crippen LogP contribution >= 0.6 is 0 Å². The Kier molecular flexibility index (Phi) is 5.06. The van der Waals surface area contributed by atoms with Gasteiger partial charge >= 0.3 is 0 Å². The van der Waals surface area contributed by atoms with E-state index in [1.54, 1.807) is 12.1 Å². The molecule has 0 aromatic heterocycles. The summed E-state index contributed by atoms with van der Waals surface area (Å²) in [5, 5.41) is 21.4. The van der Waals surface area contributed by atoms with Crippen LogP contribution in [0.15, 0.2) is 24.3 Å². The molecule has 1 fully saturated rings. The lowest BCUT2D eigenvalue weighted by Crippen LogP contribution is -2.39. The molecule has 0 aliphatic carbocycles. The van der Waals surface area contributed by atoms with Crippen molar-refractivity contribution in [2.45, 2.75) is 38.4 Å². The van der Waals surface area contributed by atoms with Gasteiger partial charge in [0.15, 0.2) is 0 Å². The second-order valence-electron chi connectivity index (χ2n) is 6.94. The first-order valence-electron chi connectivity index (χ1n) is 7.71. The molecule has 1 heterocycles. The van der Waals surface area contributed by atoms with Crippen molar-refractivity contribution in [3.05, 3.63) is 35.4 Å². The third-order valence-corrected chi connectivity index (χ3v) is 4.03. The molecule has 6 heteroatoms. The zero-order valence-corrected chi connectivity index (χ0v) is 13.7. The van der Waals surface area contributed by atoms with Crippen LogP contribution in [0.1, 0.15) is 36.7 Å². The molecular weight excluding hydrogens is 296 g/mol. The van der Waals surface area contributed by atoms with E-state index in [2.05, 4.69) is 26.1 Å². The number of hydrogen-bond acceptors (Lipinski definition) is 4. The Morgan fingerprint density at radius 3 is 2.13 bits per heavy atom. The maximum absolute atomic E-state index is 12.1. The van der Waals surface area contributed by atoms with E-state index < -0.39 is 12.2 Å². The van der Waals surface area contributed by atoms with Gasteiger partial charge < -0.3 is 20.4 Å². The summed E-state index contributed by atoms with van der Waals surface area (Å²) in [5.41, 5.74) is 1.64. The number of benzene rings is 1. The molecule has 0 saturated carbocycles. The van der Waals surface area contributed by atoms with Crippen molar-refractivity contribution >= 4 is 11.8 Å². The van der Waals surface area contributed by atoms with Crippen molar-refractivity contribution in [1.82, 2.24) is 10.2 Å². The third-order valence-electron chi connectivity index (χ3n) is 4.03. The topological polar surface area (TPSA) is 89.9 Å². The highest BCUT2D eigenvalue weighted by Crippen LogP contribution is 2.22. The molecule has 1 aliphatic heterocycles. The van der Waals surface area contributed by atoms with E-state index in [1.807, 2.05) is 12.1 Å². The van der Waals surface area contributed by atoms with Gasteiger partial charge in [0.05, 0.1) is 18.8 Å². The quantitative estimate of drug-likeness (QED) is 0.746. The average Bonchev–Trinajstić information content (AvgIpc) is 2.83. The molecule has 1 aliphatic rings. The summed E-state index contributed by atoms with van der Waals surface area (Å²) in [6, 6.07) is 7.29. The van der Waals surface area contributed by atoms with E-state index in [-0.39, 0.29) is 36.9 Å². The minimum Gasteiger partial charge on any atom is -0.388 e. The number of aliphatic hydroxyl groups excluding tert-OH is 2. The van der Waals surface area contributed by atoms with Crippen molar-refractivity contribution in [3.63, 3.8) is 0 Å². The van der Waals surface area contributed by atoms with E-state index in [0.717, 1.165) is 5.56 Å². The van der Waals surface area contributed by atoms with Gasteiger partial charge in [-0.25, -0.2) is 0 Å². The molecule has 3 N–H and O–H groups in total. The van der Waals surface area contributed by atoms with Gasteiger partial charge in [0.2, 0.25) is 5.91 Å². The monoisotopic (exact) mass is 320 g/mol. The van der Waals surface area contributed by atoms with Crippen LogP contribution in [0, 0.1) is 0 Å². The van der Waals surface area contributed by atoms with Crippen molar-refractivity contribution in [1.29, 1.82) is 0 Å². The van der Waals surface area contributed by atoms with Gasteiger partial charge in [-0.05, 0) is 23.1 Å². The number of nitrogens with one attached hydrogen (secondary N) is 1.